The first-order valence-corrected chi connectivity index (χ1v) is 9.40. The van der Waals surface area contributed by atoms with Crippen LogP contribution in [0.4, 0.5) is 0 Å². The van der Waals surface area contributed by atoms with Gasteiger partial charge in [-0.25, -0.2) is 0 Å². The highest BCUT2D eigenvalue weighted by Gasteiger charge is 2.64. The van der Waals surface area contributed by atoms with Gasteiger partial charge in [0, 0.05) is 35.7 Å². The van der Waals surface area contributed by atoms with Crippen LogP contribution in [0.25, 0.3) is 10.1 Å². The summed E-state index contributed by atoms with van der Waals surface area (Å²) in [6, 6.07) is 9.66. The van der Waals surface area contributed by atoms with Crippen LogP contribution >= 0.6 is 11.3 Å². The van der Waals surface area contributed by atoms with Crippen LogP contribution in [0.5, 0.6) is 0 Å². The van der Waals surface area contributed by atoms with E-state index < -0.39 is 0 Å². The van der Waals surface area contributed by atoms with E-state index in [1.807, 2.05) is 11.3 Å². The quantitative estimate of drug-likeness (QED) is 0.875. The molecule has 3 saturated heterocycles. The van der Waals surface area contributed by atoms with E-state index in [0.717, 1.165) is 12.5 Å². The van der Waals surface area contributed by atoms with E-state index in [0.29, 0.717) is 17.9 Å². The second kappa shape index (κ2) is 4.28. The van der Waals surface area contributed by atoms with Crippen LogP contribution in [0.15, 0.2) is 34.8 Å². The van der Waals surface area contributed by atoms with Crippen LogP contribution in [0, 0.1) is 17.8 Å². The molecule has 1 spiro atoms. The van der Waals surface area contributed by atoms with Gasteiger partial charge in [-0.2, -0.15) is 0 Å². The second-order valence-electron chi connectivity index (χ2n) is 7.52. The summed E-state index contributed by atoms with van der Waals surface area (Å²) >= 11 is 1.84. The Hall–Kier alpha value is -1.59. The van der Waals surface area contributed by atoms with Crippen LogP contribution in [0.3, 0.4) is 0 Å². The third-order valence-electron chi connectivity index (χ3n) is 6.45. The van der Waals surface area contributed by atoms with Gasteiger partial charge in [0.2, 0.25) is 5.72 Å². The lowest BCUT2D eigenvalue weighted by Crippen LogP contribution is -2.71. The van der Waals surface area contributed by atoms with E-state index in [9.17, 15) is 0 Å². The minimum atomic E-state index is -0.261. The Bertz CT molecular complexity index is 807. The number of nitrogens with zero attached hydrogens (tertiary/aromatic N) is 2. The third-order valence-corrected chi connectivity index (χ3v) is 7.33. The predicted molar refractivity (Wildman–Crippen MR) is 91.3 cm³/mol. The molecule has 23 heavy (non-hydrogen) atoms. The summed E-state index contributed by atoms with van der Waals surface area (Å²) < 4.78 is 1.39. The molecule has 1 aliphatic carbocycles. The highest BCUT2D eigenvalue weighted by Crippen LogP contribution is 2.58. The number of piperidine rings is 3. The SMILES string of the molecule is C1=NOC2(N1)C1CC3CC2C(c2ccc4ccsc4c2)N(C3)C1. The molecule has 1 aromatic carbocycles. The standard InChI is InChI=1S/C18H19N3OS/c1-2-13(7-16-12(1)3-4-23-16)17-15-6-11-5-14(9-21(17)8-11)18(15)19-10-20-22-18/h1-4,7,10-11,14-15,17H,5-6,8-9H2,(H,19,20). The molecule has 4 aliphatic heterocycles. The summed E-state index contributed by atoms with van der Waals surface area (Å²) in [6.07, 6.45) is 4.29. The van der Waals surface area contributed by atoms with Gasteiger partial charge >= 0.3 is 0 Å². The molecule has 1 saturated carbocycles. The average molecular weight is 325 g/mol. The Kier molecular flexibility index (Phi) is 2.38. The van der Waals surface area contributed by atoms with E-state index in [1.54, 1.807) is 6.34 Å². The van der Waals surface area contributed by atoms with Crippen molar-refractivity contribution in [2.45, 2.75) is 24.6 Å². The zero-order valence-corrected chi connectivity index (χ0v) is 13.6. The van der Waals surface area contributed by atoms with Crippen LogP contribution in [-0.4, -0.2) is 30.1 Å². The number of thiophene rings is 1. The molecular formula is C18H19N3OS. The lowest BCUT2D eigenvalue weighted by atomic mass is 9.59. The maximum absolute atomic E-state index is 5.98. The van der Waals surface area contributed by atoms with Gasteiger partial charge in [-0.3, -0.25) is 4.90 Å². The minimum Gasteiger partial charge on any atom is -0.365 e. The molecule has 0 amide bonds. The molecule has 5 aliphatic rings. The first-order valence-electron chi connectivity index (χ1n) is 8.52. The topological polar surface area (TPSA) is 36.9 Å². The van der Waals surface area contributed by atoms with Crippen molar-refractivity contribution in [2.75, 3.05) is 13.1 Å². The van der Waals surface area contributed by atoms with Gasteiger partial charge in [0.1, 0.15) is 6.34 Å². The van der Waals surface area contributed by atoms with Gasteiger partial charge in [-0.1, -0.05) is 17.3 Å². The van der Waals surface area contributed by atoms with Crippen molar-refractivity contribution in [3.8, 4) is 0 Å². The van der Waals surface area contributed by atoms with Crippen molar-refractivity contribution < 1.29 is 4.84 Å². The van der Waals surface area contributed by atoms with Gasteiger partial charge in [0.25, 0.3) is 0 Å². The largest absolute Gasteiger partial charge is 0.365 e. The first kappa shape index (κ1) is 12.8. The van der Waals surface area contributed by atoms with Crippen molar-refractivity contribution in [1.82, 2.24) is 10.2 Å². The van der Waals surface area contributed by atoms with Crippen LogP contribution in [0.1, 0.15) is 24.4 Å². The fourth-order valence-corrected chi connectivity index (χ4v) is 6.47. The number of nitrogens with one attached hydrogen (secondary N) is 1. The molecule has 2 aromatic rings. The average Bonchev–Trinajstić information content (AvgIpc) is 3.22. The van der Waals surface area contributed by atoms with E-state index in [4.69, 9.17) is 4.84 Å². The zero-order chi connectivity index (χ0) is 15.0. The van der Waals surface area contributed by atoms with Gasteiger partial charge in [0.05, 0.1) is 0 Å². The lowest BCUT2D eigenvalue weighted by molar-refractivity contribution is -0.232. The molecule has 1 aromatic heterocycles. The van der Waals surface area contributed by atoms with Crippen LogP contribution in [0.2, 0.25) is 0 Å². The van der Waals surface area contributed by atoms with Crippen molar-refractivity contribution >= 4 is 27.8 Å². The van der Waals surface area contributed by atoms with Crippen molar-refractivity contribution in [1.29, 1.82) is 0 Å². The molecule has 0 radical (unpaired) electrons. The maximum atomic E-state index is 5.98. The lowest BCUT2D eigenvalue weighted by Gasteiger charge is -2.62. The maximum Gasteiger partial charge on any atom is 0.217 e. The molecule has 1 N–H and O–H groups in total. The highest BCUT2D eigenvalue weighted by molar-refractivity contribution is 7.17. The number of oxime groups is 1. The zero-order valence-electron chi connectivity index (χ0n) is 12.8. The normalized spacial score (nSPS) is 43.2. The smallest absolute Gasteiger partial charge is 0.217 e. The molecule has 6 unspecified atom stereocenters. The molecule has 118 valence electrons. The van der Waals surface area contributed by atoms with Gasteiger partial charge in [0.15, 0.2) is 0 Å². The van der Waals surface area contributed by atoms with E-state index >= 15 is 0 Å². The van der Waals surface area contributed by atoms with Crippen molar-refractivity contribution in [3.05, 3.63) is 35.2 Å². The van der Waals surface area contributed by atoms with Gasteiger partial charge in [-0.15, -0.1) is 11.3 Å². The number of rotatable bonds is 1. The third kappa shape index (κ3) is 1.57. The molecule has 7 rings (SSSR count). The predicted octanol–water partition coefficient (Wildman–Crippen LogP) is 3.17. The molecule has 4 nitrogen and oxygen atoms in total. The highest BCUT2D eigenvalue weighted by atomic mass is 32.1. The number of hydrogen-bond acceptors (Lipinski definition) is 5. The van der Waals surface area contributed by atoms with Crippen molar-refractivity contribution in [3.63, 3.8) is 0 Å². The summed E-state index contributed by atoms with van der Waals surface area (Å²) in [5.41, 5.74) is 1.18. The number of benzene rings is 1. The fraction of sp³-hybridized carbons (Fsp3) is 0.500. The molecular weight excluding hydrogens is 306 g/mol. The Labute approximate surface area is 139 Å². The van der Waals surface area contributed by atoms with E-state index in [1.165, 1.54) is 35.0 Å². The van der Waals surface area contributed by atoms with Crippen LogP contribution in [-0.2, 0) is 4.84 Å². The number of hydrogen-bond donors (Lipinski definition) is 1. The summed E-state index contributed by atoms with van der Waals surface area (Å²) in [5, 5.41) is 11.1. The van der Waals surface area contributed by atoms with Gasteiger partial charge < -0.3 is 10.2 Å². The Morgan fingerprint density at radius 2 is 2.26 bits per heavy atom. The summed E-state index contributed by atoms with van der Waals surface area (Å²) in [7, 11) is 0. The van der Waals surface area contributed by atoms with Crippen LogP contribution < -0.4 is 5.32 Å². The van der Waals surface area contributed by atoms with E-state index in [2.05, 4.69) is 45.0 Å². The molecule has 4 fully saturated rings. The molecule has 4 bridgehead atoms. The van der Waals surface area contributed by atoms with Crippen molar-refractivity contribution in [2.24, 2.45) is 22.9 Å². The molecule has 5 heterocycles. The first-order chi connectivity index (χ1) is 11.3. The number of fused-ring (bicyclic) bond motifs is 1. The van der Waals surface area contributed by atoms with Gasteiger partial charge in [-0.05, 0) is 47.2 Å². The fourth-order valence-electron chi connectivity index (χ4n) is 5.64. The Morgan fingerprint density at radius 3 is 3.17 bits per heavy atom. The van der Waals surface area contributed by atoms with E-state index in [-0.39, 0.29) is 5.72 Å². The molecule has 6 atom stereocenters. The second-order valence-corrected chi connectivity index (χ2v) is 8.47. The Balaban J connectivity index is 1.48. The minimum absolute atomic E-state index is 0.261. The molecule has 5 heteroatoms. The Morgan fingerprint density at radius 1 is 1.26 bits per heavy atom. The summed E-state index contributed by atoms with van der Waals surface area (Å²) in [6.45, 7) is 2.37. The monoisotopic (exact) mass is 325 g/mol. The summed E-state index contributed by atoms with van der Waals surface area (Å²) in [4.78, 5) is 8.68. The summed E-state index contributed by atoms with van der Waals surface area (Å²) in [5.74, 6) is 1.87.